The lowest BCUT2D eigenvalue weighted by molar-refractivity contribution is 0.0299. The molecule has 11 heavy (non-hydrogen) atoms. The molecule has 1 aliphatic heterocycles. The number of hydrogen-bond donors (Lipinski definition) is 1. The molecule has 0 aromatic carbocycles. The number of morpholine rings is 1. The van der Waals surface area contributed by atoms with Crippen molar-refractivity contribution in [3.8, 4) is 0 Å². The van der Waals surface area contributed by atoms with Gasteiger partial charge in [-0.05, 0) is 11.4 Å². The highest BCUT2D eigenvalue weighted by atomic mass is 32.1. The Morgan fingerprint density at radius 2 is 2.91 bits per heavy atom. The summed E-state index contributed by atoms with van der Waals surface area (Å²) in [6.45, 7) is 1.88. The molecule has 2 heterocycles. The molecule has 3 heteroatoms. The second-order valence-corrected chi connectivity index (χ2v) is 3.25. The fourth-order valence-electron chi connectivity index (χ4n) is 1.05. The van der Waals surface area contributed by atoms with Gasteiger partial charge in [0.05, 0.1) is 9.35 Å². The van der Waals surface area contributed by atoms with Crippen LogP contribution in [0.15, 0.2) is 17.5 Å². The van der Waals surface area contributed by atoms with Crippen molar-refractivity contribution < 1.29 is 7.48 Å². The van der Waals surface area contributed by atoms with Gasteiger partial charge in [-0.25, -0.2) is 0 Å². The fraction of sp³-hybridized carbons (Fsp3) is 0.500. The van der Waals surface area contributed by atoms with Crippen LogP contribution in [0.5, 0.6) is 0 Å². The molecule has 1 aliphatic rings. The molecular weight excluding hydrogens is 158 g/mol. The Morgan fingerprint density at radius 1 is 1.91 bits per heavy atom. The monoisotopic (exact) mass is 171 g/mol. The third-order valence-electron chi connectivity index (χ3n) is 1.59. The van der Waals surface area contributed by atoms with Crippen LogP contribution in [-0.2, 0) is 4.74 Å². The number of nitrogens with one attached hydrogen (secondary N) is 1. The molecule has 0 bridgehead atoms. The molecule has 0 amide bonds. The smallest absolute Gasteiger partial charge is 0.104 e. The molecule has 1 aromatic heterocycles. The zero-order valence-electron chi connectivity index (χ0n) is 8.09. The van der Waals surface area contributed by atoms with E-state index in [1.54, 1.807) is 12.1 Å². The number of ether oxygens (including phenoxy) is 1. The molecular formula is C8H11NOS. The van der Waals surface area contributed by atoms with E-state index in [2.05, 4.69) is 5.32 Å². The Morgan fingerprint density at radius 3 is 3.55 bits per heavy atom. The van der Waals surface area contributed by atoms with E-state index in [1.807, 2.05) is 0 Å². The summed E-state index contributed by atoms with van der Waals surface area (Å²) >= 11 is 1.31. The summed E-state index contributed by atoms with van der Waals surface area (Å²) in [5.74, 6) is 0. The minimum absolute atomic E-state index is 0.482. The first kappa shape index (κ1) is 5.30. The largest absolute Gasteiger partial charge is 0.370 e. The summed E-state index contributed by atoms with van der Waals surface area (Å²) in [6, 6.07) is 3.50. The maximum Gasteiger partial charge on any atom is 0.104 e. The van der Waals surface area contributed by atoms with E-state index >= 15 is 0 Å². The van der Waals surface area contributed by atoms with Crippen LogP contribution in [-0.4, -0.2) is 19.7 Å². The van der Waals surface area contributed by atoms with Gasteiger partial charge in [-0.3, -0.25) is 0 Å². The molecule has 1 fully saturated rings. The maximum atomic E-state index is 8.02. The zero-order valence-corrected chi connectivity index (χ0v) is 6.91. The van der Waals surface area contributed by atoms with Crippen LogP contribution >= 0.6 is 11.3 Å². The lowest BCUT2D eigenvalue weighted by Crippen LogP contribution is -2.32. The lowest BCUT2D eigenvalue weighted by atomic mass is 10.2. The van der Waals surface area contributed by atoms with Gasteiger partial charge >= 0.3 is 0 Å². The Hall–Kier alpha value is -0.380. The third-order valence-corrected chi connectivity index (χ3v) is 2.42. The van der Waals surface area contributed by atoms with Gasteiger partial charge in [-0.2, -0.15) is 0 Å². The lowest BCUT2D eigenvalue weighted by Gasteiger charge is -2.22. The Kier molecular flexibility index (Phi) is 1.61. The molecule has 1 aromatic rings. The van der Waals surface area contributed by atoms with Gasteiger partial charge in [-0.1, -0.05) is 6.07 Å². The summed E-state index contributed by atoms with van der Waals surface area (Å²) in [5, 5.41) is 3.60. The van der Waals surface area contributed by atoms with Gasteiger partial charge in [0.15, 0.2) is 0 Å². The highest BCUT2D eigenvalue weighted by Crippen LogP contribution is 2.22. The Balaban J connectivity index is 2.22. The number of thiophene rings is 1. The molecule has 1 unspecified atom stereocenters. The quantitative estimate of drug-likeness (QED) is 0.690. The van der Waals surface area contributed by atoms with Gasteiger partial charge in [0, 0.05) is 18.0 Å². The Bertz CT molecular complexity index is 296. The van der Waals surface area contributed by atoms with Crippen LogP contribution in [0.3, 0.4) is 0 Å². The molecule has 2 rings (SSSR count). The average molecular weight is 171 g/mol. The maximum absolute atomic E-state index is 8.02. The minimum Gasteiger partial charge on any atom is -0.370 e. The first-order valence-corrected chi connectivity index (χ1v) is 4.44. The molecule has 2 nitrogen and oxygen atoms in total. The van der Waals surface area contributed by atoms with E-state index in [1.165, 1.54) is 11.3 Å². The molecule has 60 valence electrons. The second kappa shape index (κ2) is 3.34. The van der Waals surface area contributed by atoms with E-state index in [4.69, 9.17) is 7.48 Å². The van der Waals surface area contributed by atoms with Crippen LogP contribution in [0.2, 0.25) is 0 Å². The van der Waals surface area contributed by atoms with E-state index in [-0.39, 0.29) is 0 Å². The summed E-state index contributed by atoms with van der Waals surface area (Å²) in [7, 11) is 0. The summed E-state index contributed by atoms with van der Waals surface area (Å²) < 4.78 is 20.8. The van der Waals surface area contributed by atoms with Crippen molar-refractivity contribution in [2.75, 3.05) is 19.7 Å². The predicted octanol–water partition coefficient (Wildman–Crippen LogP) is 1.41. The molecule has 0 saturated carbocycles. The van der Waals surface area contributed by atoms with Crippen LogP contribution in [0, 0.1) is 0 Å². The minimum atomic E-state index is -0.970. The van der Waals surface area contributed by atoms with Crippen molar-refractivity contribution in [2.45, 2.75) is 6.08 Å². The van der Waals surface area contributed by atoms with E-state index < -0.39 is 6.08 Å². The summed E-state index contributed by atoms with van der Waals surface area (Å²) in [6.07, 6.45) is -0.970. The number of hydrogen-bond acceptors (Lipinski definition) is 3. The third kappa shape index (κ3) is 1.61. The highest BCUT2D eigenvalue weighted by molar-refractivity contribution is 7.10. The van der Waals surface area contributed by atoms with Gasteiger partial charge < -0.3 is 10.1 Å². The molecule has 1 saturated heterocycles. The van der Waals surface area contributed by atoms with Crippen molar-refractivity contribution in [3.63, 3.8) is 0 Å². The van der Waals surface area contributed by atoms with Crippen molar-refractivity contribution in [3.05, 3.63) is 22.4 Å². The SMILES string of the molecule is [2H]c1ccc(C2([2H])CNCCO2)s1. The van der Waals surface area contributed by atoms with Gasteiger partial charge in [0.25, 0.3) is 0 Å². The molecule has 0 aliphatic carbocycles. The van der Waals surface area contributed by atoms with E-state index in [0.29, 0.717) is 18.5 Å². The van der Waals surface area contributed by atoms with Crippen molar-refractivity contribution in [2.24, 2.45) is 0 Å². The molecule has 1 atom stereocenters. The van der Waals surface area contributed by atoms with E-state index in [9.17, 15) is 0 Å². The fourth-order valence-corrected chi connectivity index (χ4v) is 1.69. The van der Waals surface area contributed by atoms with Crippen LogP contribution in [0.1, 0.15) is 13.7 Å². The van der Waals surface area contributed by atoms with Crippen molar-refractivity contribution in [1.82, 2.24) is 5.32 Å². The zero-order chi connectivity index (χ0) is 9.31. The molecule has 1 N–H and O–H groups in total. The topological polar surface area (TPSA) is 21.3 Å². The highest BCUT2D eigenvalue weighted by Gasteiger charge is 2.15. The number of rotatable bonds is 1. The van der Waals surface area contributed by atoms with Crippen molar-refractivity contribution in [1.29, 1.82) is 0 Å². The molecule has 0 radical (unpaired) electrons. The van der Waals surface area contributed by atoms with Crippen LogP contribution in [0.4, 0.5) is 0 Å². The normalized spacial score (nSPS) is 34.5. The Labute approximate surface area is 73.0 Å². The average Bonchev–Trinajstić information content (AvgIpc) is 2.54. The van der Waals surface area contributed by atoms with Crippen molar-refractivity contribution >= 4 is 11.3 Å². The summed E-state index contributed by atoms with van der Waals surface area (Å²) in [5.41, 5.74) is 0. The van der Waals surface area contributed by atoms with Gasteiger partial charge in [0.1, 0.15) is 6.08 Å². The van der Waals surface area contributed by atoms with Gasteiger partial charge in [-0.15, -0.1) is 11.3 Å². The van der Waals surface area contributed by atoms with Crippen LogP contribution in [0.25, 0.3) is 0 Å². The second-order valence-electron chi connectivity index (χ2n) is 2.37. The summed E-state index contributed by atoms with van der Waals surface area (Å²) in [4.78, 5) is 0.810. The van der Waals surface area contributed by atoms with E-state index in [0.717, 1.165) is 11.4 Å². The van der Waals surface area contributed by atoms with Crippen LogP contribution < -0.4 is 5.32 Å². The van der Waals surface area contributed by atoms with Gasteiger partial charge in [0.2, 0.25) is 0 Å². The standard InChI is InChI=1S/C8H11NOS/c1-2-8(11-5-1)7-6-9-3-4-10-7/h1-2,5,7,9H,3-4,6H2/i5D,7D. The predicted molar refractivity (Wildman–Crippen MR) is 45.9 cm³/mol. The molecule has 0 spiro atoms. The first-order chi connectivity index (χ1) is 6.21. The first-order valence-electron chi connectivity index (χ1n) is 4.62.